The second-order valence-corrected chi connectivity index (χ2v) is 5.66. The van der Waals surface area contributed by atoms with E-state index in [9.17, 15) is 9.59 Å². The number of nitrogens with one attached hydrogen (secondary N) is 1. The predicted octanol–water partition coefficient (Wildman–Crippen LogP) is 1.57. The van der Waals surface area contributed by atoms with Crippen molar-refractivity contribution in [1.82, 2.24) is 5.32 Å². The van der Waals surface area contributed by atoms with Gasteiger partial charge in [0.05, 0.1) is 5.25 Å². The Morgan fingerprint density at radius 1 is 1.50 bits per heavy atom. The van der Waals surface area contributed by atoms with E-state index >= 15 is 0 Å². The zero-order valence-corrected chi connectivity index (χ0v) is 11.0. The third kappa shape index (κ3) is 2.97. The van der Waals surface area contributed by atoms with Crippen LogP contribution in [0.4, 0.5) is 0 Å². The van der Waals surface area contributed by atoms with Crippen molar-refractivity contribution in [2.75, 3.05) is 5.75 Å². The Balaban J connectivity index is 2.02. The SMILES string of the molecule is O=C1N[C@@H](C(=O)O)CS[C@H]1Cc1ccccc1Cl. The molecule has 18 heavy (non-hydrogen) atoms. The molecule has 1 fully saturated rings. The Kier molecular flexibility index (Phi) is 4.14. The lowest BCUT2D eigenvalue weighted by Crippen LogP contribution is -2.51. The van der Waals surface area contributed by atoms with Crippen molar-refractivity contribution in [3.8, 4) is 0 Å². The number of hydrogen-bond donors (Lipinski definition) is 2. The van der Waals surface area contributed by atoms with Crippen molar-refractivity contribution in [3.63, 3.8) is 0 Å². The van der Waals surface area contributed by atoms with Gasteiger partial charge in [-0.15, -0.1) is 11.8 Å². The van der Waals surface area contributed by atoms with E-state index in [2.05, 4.69) is 5.32 Å². The Labute approximate surface area is 114 Å². The third-order valence-corrected chi connectivity index (χ3v) is 4.41. The van der Waals surface area contributed by atoms with Crippen LogP contribution in [0.2, 0.25) is 5.02 Å². The Hall–Kier alpha value is -1.20. The average Bonchev–Trinajstić information content (AvgIpc) is 2.34. The summed E-state index contributed by atoms with van der Waals surface area (Å²) in [6, 6.07) is 6.57. The smallest absolute Gasteiger partial charge is 0.327 e. The Morgan fingerprint density at radius 3 is 2.83 bits per heavy atom. The van der Waals surface area contributed by atoms with Gasteiger partial charge in [0.15, 0.2) is 0 Å². The van der Waals surface area contributed by atoms with E-state index < -0.39 is 12.0 Å². The van der Waals surface area contributed by atoms with Gasteiger partial charge in [0.1, 0.15) is 6.04 Å². The van der Waals surface area contributed by atoms with Crippen LogP contribution in [-0.2, 0) is 16.0 Å². The van der Waals surface area contributed by atoms with Crippen molar-refractivity contribution in [2.24, 2.45) is 0 Å². The molecule has 0 saturated carbocycles. The number of amides is 1. The summed E-state index contributed by atoms with van der Waals surface area (Å²) in [6.45, 7) is 0. The van der Waals surface area contributed by atoms with E-state index in [1.54, 1.807) is 6.07 Å². The minimum absolute atomic E-state index is 0.237. The average molecular weight is 286 g/mol. The van der Waals surface area contributed by atoms with Crippen LogP contribution in [0, 0.1) is 0 Å². The highest BCUT2D eigenvalue weighted by molar-refractivity contribution is 8.00. The van der Waals surface area contributed by atoms with Crippen LogP contribution >= 0.6 is 23.4 Å². The standard InChI is InChI=1S/C12H12ClNO3S/c13-8-4-2-1-3-7(8)5-10-11(15)14-9(6-18-10)12(16)17/h1-4,9-10H,5-6H2,(H,14,15)(H,16,17)/t9-,10+/m1/s1. The molecule has 0 aromatic heterocycles. The zero-order valence-electron chi connectivity index (χ0n) is 9.43. The van der Waals surface area contributed by atoms with Gasteiger partial charge in [0.2, 0.25) is 5.91 Å². The molecule has 96 valence electrons. The van der Waals surface area contributed by atoms with Gasteiger partial charge in [-0.25, -0.2) is 4.79 Å². The molecule has 1 saturated heterocycles. The summed E-state index contributed by atoms with van der Waals surface area (Å²) in [5, 5.41) is 11.7. The van der Waals surface area contributed by atoms with E-state index in [0.717, 1.165) is 5.56 Å². The molecule has 0 aliphatic carbocycles. The predicted molar refractivity (Wildman–Crippen MR) is 71.0 cm³/mol. The van der Waals surface area contributed by atoms with E-state index in [4.69, 9.17) is 16.7 Å². The molecule has 1 amide bonds. The van der Waals surface area contributed by atoms with Crippen molar-refractivity contribution >= 4 is 35.2 Å². The maximum atomic E-state index is 11.8. The second-order valence-electron chi connectivity index (χ2n) is 4.02. The van der Waals surface area contributed by atoms with E-state index in [-0.39, 0.29) is 11.2 Å². The molecular weight excluding hydrogens is 274 g/mol. The number of carbonyl (C=O) groups is 2. The molecule has 2 rings (SSSR count). The summed E-state index contributed by atoms with van der Waals surface area (Å²) in [5.41, 5.74) is 0.903. The zero-order chi connectivity index (χ0) is 13.1. The topological polar surface area (TPSA) is 66.4 Å². The number of carbonyl (C=O) groups excluding carboxylic acids is 1. The van der Waals surface area contributed by atoms with Gasteiger partial charge >= 0.3 is 5.97 Å². The van der Waals surface area contributed by atoms with E-state index in [1.165, 1.54) is 11.8 Å². The molecule has 1 aromatic carbocycles. The Morgan fingerprint density at radius 2 is 2.22 bits per heavy atom. The van der Waals surface area contributed by atoms with Gasteiger partial charge in [-0.3, -0.25) is 4.79 Å². The lowest BCUT2D eigenvalue weighted by atomic mass is 10.1. The number of rotatable bonds is 3. The van der Waals surface area contributed by atoms with Crippen LogP contribution < -0.4 is 5.32 Å². The van der Waals surface area contributed by atoms with Crippen LogP contribution in [0.25, 0.3) is 0 Å². The fraction of sp³-hybridized carbons (Fsp3) is 0.333. The minimum Gasteiger partial charge on any atom is -0.480 e. The third-order valence-electron chi connectivity index (χ3n) is 2.73. The van der Waals surface area contributed by atoms with Gasteiger partial charge in [-0.05, 0) is 18.1 Å². The van der Waals surface area contributed by atoms with Crippen LogP contribution in [-0.4, -0.2) is 34.0 Å². The number of benzene rings is 1. The minimum atomic E-state index is -0.993. The molecule has 4 nitrogen and oxygen atoms in total. The highest BCUT2D eigenvalue weighted by Crippen LogP contribution is 2.25. The first-order chi connectivity index (χ1) is 8.58. The molecule has 0 radical (unpaired) electrons. The lowest BCUT2D eigenvalue weighted by molar-refractivity contribution is -0.141. The molecular formula is C12H12ClNO3S. The molecule has 6 heteroatoms. The fourth-order valence-electron chi connectivity index (χ4n) is 1.74. The first-order valence-corrected chi connectivity index (χ1v) is 6.89. The van der Waals surface area contributed by atoms with Crippen LogP contribution in [0.1, 0.15) is 5.56 Å². The number of hydrogen-bond acceptors (Lipinski definition) is 3. The van der Waals surface area contributed by atoms with Crippen molar-refractivity contribution in [3.05, 3.63) is 34.9 Å². The van der Waals surface area contributed by atoms with Crippen molar-refractivity contribution in [1.29, 1.82) is 0 Å². The quantitative estimate of drug-likeness (QED) is 0.885. The number of carboxylic acids is 1. The van der Waals surface area contributed by atoms with Crippen molar-refractivity contribution < 1.29 is 14.7 Å². The summed E-state index contributed by atoms with van der Waals surface area (Å²) in [5.74, 6) is -0.846. The van der Waals surface area contributed by atoms with Gasteiger partial charge in [-0.1, -0.05) is 29.8 Å². The highest BCUT2D eigenvalue weighted by atomic mass is 35.5. The number of halogens is 1. The number of thioether (sulfide) groups is 1. The summed E-state index contributed by atoms with van der Waals surface area (Å²) >= 11 is 7.39. The molecule has 1 aliphatic rings. The maximum Gasteiger partial charge on any atom is 0.327 e. The summed E-state index contributed by atoms with van der Waals surface area (Å²) < 4.78 is 0. The molecule has 0 bridgehead atoms. The van der Waals surface area contributed by atoms with Gasteiger partial charge < -0.3 is 10.4 Å². The summed E-state index contributed by atoms with van der Waals surface area (Å²) in [4.78, 5) is 22.6. The first kappa shape index (κ1) is 13.2. The van der Waals surface area contributed by atoms with Crippen LogP contribution in [0.3, 0.4) is 0 Å². The monoisotopic (exact) mass is 285 g/mol. The largest absolute Gasteiger partial charge is 0.480 e. The summed E-state index contributed by atoms with van der Waals surface area (Å²) in [6.07, 6.45) is 0.516. The van der Waals surface area contributed by atoms with Crippen LogP contribution in [0.15, 0.2) is 24.3 Å². The van der Waals surface area contributed by atoms with Gasteiger partial charge in [0.25, 0.3) is 0 Å². The van der Waals surface area contributed by atoms with Crippen molar-refractivity contribution in [2.45, 2.75) is 17.7 Å². The molecule has 0 unspecified atom stereocenters. The van der Waals surface area contributed by atoms with E-state index in [1.807, 2.05) is 18.2 Å². The molecule has 2 atom stereocenters. The second kappa shape index (κ2) is 5.63. The fourth-order valence-corrected chi connectivity index (χ4v) is 3.12. The van der Waals surface area contributed by atoms with Crippen LogP contribution in [0.5, 0.6) is 0 Å². The first-order valence-electron chi connectivity index (χ1n) is 5.46. The normalized spacial score (nSPS) is 23.5. The number of carboxylic acid groups (broad SMARTS) is 1. The molecule has 1 aliphatic heterocycles. The molecule has 0 spiro atoms. The summed E-state index contributed by atoms with van der Waals surface area (Å²) in [7, 11) is 0. The van der Waals surface area contributed by atoms with Gasteiger partial charge in [0, 0.05) is 10.8 Å². The lowest BCUT2D eigenvalue weighted by Gasteiger charge is -2.26. The highest BCUT2D eigenvalue weighted by Gasteiger charge is 2.32. The molecule has 1 aromatic rings. The molecule has 2 N–H and O–H groups in total. The number of aliphatic carboxylic acids is 1. The molecule has 1 heterocycles. The van der Waals surface area contributed by atoms with E-state index in [0.29, 0.717) is 17.2 Å². The maximum absolute atomic E-state index is 11.8. The van der Waals surface area contributed by atoms with Gasteiger partial charge in [-0.2, -0.15) is 0 Å². The Bertz CT molecular complexity index is 480.